The van der Waals surface area contributed by atoms with Gasteiger partial charge in [0.05, 0.1) is 7.11 Å². The predicted octanol–water partition coefficient (Wildman–Crippen LogP) is 2.00. The van der Waals surface area contributed by atoms with Gasteiger partial charge < -0.3 is 10.1 Å². The largest absolute Gasteiger partial charge is 0.453 e. The van der Waals surface area contributed by atoms with E-state index in [2.05, 4.69) is 15.4 Å². The topological polar surface area (TPSA) is 67.4 Å². The molecule has 0 bridgehead atoms. The fraction of sp³-hybridized carbons (Fsp3) is 0.333. The number of anilines is 1. The molecule has 0 aliphatic heterocycles. The highest BCUT2D eigenvalue weighted by Gasteiger charge is 2.05. The van der Waals surface area contributed by atoms with Crippen molar-refractivity contribution in [1.29, 1.82) is 0 Å². The average Bonchev–Trinajstić information content (AvgIpc) is 2.36. The Labute approximate surface area is 100 Å². The first-order chi connectivity index (χ1) is 8.17. The summed E-state index contributed by atoms with van der Waals surface area (Å²) in [5.41, 5.74) is 1.15. The van der Waals surface area contributed by atoms with E-state index in [0.29, 0.717) is 17.8 Å². The summed E-state index contributed by atoms with van der Waals surface area (Å²) in [5.74, 6) is -0.114. The summed E-state index contributed by atoms with van der Waals surface area (Å²) >= 11 is 0. The van der Waals surface area contributed by atoms with E-state index < -0.39 is 6.09 Å². The molecule has 2 N–H and O–H groups in total. The standard InChI is InChI=1S/C12H16N2O3/c1-3-8-13-11(15)9-4-6-10(7-5-9)14-12(16)17-2/h4-7H,3,8H2,1-2H3,(H,13,15)(H,14,16). The van der Waals surface area contributed by atoms with Crippen molar-refractivity contribution in [2.45, 2.75) is 13.3 Å². The van der Waals surface area contributed by atoms with E-state index in [1.54, 1.807) is 24.3 Å². The number of carbonyl (C=O) groups excluding carboxylic acids is 2. The summed E-state index contributed by atoms with van der Waals surface area (Å²) in [6, 6.07) is 6.60. The Morgan fingerprint density at radius 3 is 2.41 bits per heavy atom. The maximum Gasteiger partial charge on any atom is 0.411 e. The van der Waals surface area contributed by atoms with Crippen LogP contribution in [0.25, 0.3) is 0 Å². The Morgan fingerprint density at radius 1 is 1.24 bits per heavy atom. The minimum absolute atomic E-state index is 0.114. The number of ether oxygens (including phenoxy) is 1. The van der Waals surface area contributed by atoms with Gasteiger partial charge in [0.2, 0.25) is 0 Å². The highest BCUT2D eigenvalue weighted by atomic mass is 16.5. The van der Waals surface area contributed by atoms with Gasteiger partial charge in [-0.25, -0.2) is 4.79 Å². The molecular formula is C12H16N2O3. The van der Waals surface area contributed by atoms with E-state index in [0.717, 1.165) is 6.42 Å². The van der Waals surface area contributed by atoms with Crippen LogP contribution in [-0.2, 0) is 4.74 Å². The van der Waals surface area contributed by atoms with Crippen molar-refractivity contribution in [3.05, 3.63) is 29.8 Å². The molecule has 5 heteroatoms. The molecule has 0 atom stereocenters. The average molecular weight is 236 g/mol. The molecule has 92 valence electrons. The van der Waals surface area contributed by atoms with Gasteiger partial charge in [0, 0.05) is 17.8 Å². The Balaban J connectivity index is 2.61. The molecule has 17 heavy (non-hydrogen) atoms. The molecule has 5 nitrogen and oxygen atoms in total. The number of rotatable bonds is 4. The quantitative estimate of drug-likeness (QED) is 0.840. The Kier molecular flexibility index (Phi) is 5.00. The van der Waals surface area contributed by atoms with Crippen LogP contribution in [0.2, 0.25) is 0 Å². The van der Waals surface area contributed by atoms with E-state index in [1.807, 2.05) is 6.92 Å². The second-order valence-electron chi connectivity index (χ2n) is 3.45. The van der Waals surface area contributed by atoms with Crippen LogP contribution in [0.4, 0.5) is 10.5 Å². The molecule has 1 aromatic carbocycles. The lowest BCUT2D eigenvalue weighted by Gasteiger charge is -2.06. The molecule has 2 amide bonds. The van der Waals surface area contributed by atoms with Crippen molar-refractivity contribution >= 4 is 17.7 Å². The molecule has 1 aromatic rings. The SMILES string of the molecule is CCCNC(=O)c1ccc(NC(=O)OC)cc1. The molecule has 0 unspecified atom stereocenters. The lowest BCUT2D eigenvalue weighted by Crippen LogP contribution is -2.23. The van der Waals surface area contributed by atoms with Crippen LogP contribution in [0.1, 0.15) is 23.7 Å². The predicted molar refractivity (Wildman–Crippen MR) is 65.1 cm³/mol. The number of carbonyl (C=O) groups is 2. The van der Waals surface area contributed by atoms with Gasteiger partial charge in [-0.3, -0.25) is 10.1 Å². The van der Waals surface area contributed by atoms with E-state index in [4.69, 9.17) is 0 Å². The number of methoxy groups -OCH3 is 1. The van der Waals surface area contributed by atoms with Gasteiger partial charge in [-0.1, -0.05) is 6.92 Å². The molecule has 0 fully saturated rings. The Morgan fingerprint density at radius 2 is 1.88 bits per heavy atom. The van der Waals surface area contributed by atoms with Gasteiger partial charge >= 0.3 is 6.09 Å². The fourth-order valence-electron chi connectivity index (χ4n) is 1.21. The molecule has 0 radical (unpaired) electrons. The molecule has 1 rings (SSSR count). The minimum Gasteiger partial charge on any atom is -0.453 e. The van der Waals surface area contributed by atoms with Gasteiger partial charge in [0.15, 0.2) is 0 Å². The maximum atomic E-state index is 11.6. The molecule has 0 aromatic heterocycles. The maximum absolute atomic E-state index is 11.6. The van der Waals surface area contributed by atoms with Crippen LogP contribution in [0.15, 0.2) is 24.3 Å². The third kappa shape index (κ3) is 4.14. The number of hydrogen-bond donors (Lipinski definition) is 2. The first kappa shape index (κ1) is 13.0. The summed E-state index contributed by atoms with van der Waals surface area (Å²) in [7, 11) is 1.29. The van der Waals surface area contributed by atoms with Crippen molar-refractivity contribution in [2.75, 3.05) is 19.0 Å². The number of amides is 2. The van der Waals surface area contributed by atoms with E-state index >= 15 is 0 Å². The number of nitrogens with one attached hydrogen (secondary N) is 2. The van der Waals surface area contributed by atoms with Crippen molar-refractivity contribution in [2.24, 2.45) is 0 Å². The summed E-state index contributed by atoms with van der Waals surface area (Å²) < 4.78 is 4.46. The first-order valence-corrected chi connectivity index (χ1v) is 5.40. The van der Waals surface area contributed by atoms with E-state index in [9.17, 15) is 9.59 Å². The zero-order chi connectivity index (χ0) is 12.7. The fourth-order valence-corrected chi connectivity index (χ4v) is 1.21. The van der Waals surface area contributed by atoms with Crippen LogP contribution in [0, 0.1) is 0 Å². The molecule has 0 spiro atoms. The zero-order valence-corrected chi connectivity index (χ0v) is 9.95. The summed E-state index contributed by atoms with van der Waals surface area (Å²) in [5, 5.41) is 5.28. The normalized spacial score (nSPS) is 9.53. The van der Waals surface area contributed by atoms with Crippen LogP contribution in [0.5, 0.6) is 0 Å². The Bertz CT molecular complexity index is 387. The van der Waals surface area contributed by atoms with Gasteiger partial charge in [-0.2, -0.15) is 0 Å². The van der Waals surface area contributed by atoms with Gasteiger partial charge in [0.25, 0.3) is 5.91 Å². The molecule has 0 heterocycles. The third-order valence-corrected chi connectivity index (χ3v) is 2.11. The van der Waals surface area contributed by atoms with Crippen LogP contribution < -0.4 is 10.6 Å². The summed E-state index contributed by atoms with van der Waals surface area (Å²) in [4.78, 5) is 22.5. The number of hydrogen-bond acceptors (Lipinski definition) is 3. The zero-order valence-electron chi connectivity index (χ0n) is 9.95. The molecular weight excluding hydrogens is 220 g/mol. The molecule has 0 saturated heterocycles. The van der Waals surface area contributed by atoms with Crippen molar-refractivity contribution < 1.29 is 14.3 Å². The molecule has 0 aliphatic carbocycles. The molecule has 0 saturated carbocycles. The summed E-state index contributed by atoms with van der Waals surface area (Å²) in [6.07, 6.45) is 0.362. The summed E-state index contributed by atoms with van der Waals surface area (Å²) in [6.45, 7) is 2.64. The number of benzene rings is 1. The van der Waals surface area contributed by atoms with Crippen molar-refractivity contribution in [3.8, 4) is 0 Å². The monoisotopic (exact) mass is 236 g/mol. The Hall–Kier alpha value is -2.04. The lowest BCUT2D eigenvalue weighted by molar-refractivity contribution is 0.0953. The molecule has 0 aliphatic rings. The van der Waals surface area contributed by atoms with Crippen molar-refractivity contribution in [3.63, 3.8) is 0 Å². The second-order valence-corrected chi connectivity index (χ2v) is 3.45. The van der Waals surface area contributed by atoms with Gasteiger partial charge in [-0.15, -0.1) is 0 Å². The highest BCUT2D eigenvalue weighted by Crippen LogP contribution is 2.09. The van der Waals surface area contributed by atoms with E-state index in [-0.39, 0.29) is 5.91 Å². The highest BCUT2D eigenvalue weighted by molar-refractivity contribution is 5.95. The third-order valence-electron chi connectivity index (χ3n) is 2.11. The van der Waals surface area contributed by atoms with Crippen LogP contribution in [0.3, 0.4) is 0 Å². The van der Waals surface area contributed by atoms with Crippen LogP contribution >= 0.6 is 0 Å². The van der Waals surface area contributed by atoms with Crippen molar-refractivity contribution in [1.82, 2.24) is 5.32 Å². The van der Waals surface area contributed by atoms with Crippen LogP contribution in [-0.4, -0.2) is 25.7 Å². The van der Waals surface area contributed by atoms with Gasteiger partial charge in [-0.05, 0) is 30.7 Å². The lowest BCUT2D eigenvalue weighted by atomic mass is 10.2. The minimum atomic E-state index is -0.534. The second kappa shape index (κ2) is 6.52. The first-order valence-electron chi connectivity index (χ1n) is 5.40. The van der Waals surface area contributed by atoms with Gasteiger partial charge in [0.1, 0.15) is 0 Å². The van der Waals surface area contributed by atoms with E-state index in [1.165, 1.54) is 7.11 Å². The smallest absolute Gasteiger partial charge is 0.411 e.